The molecule has 0 spiro atoms. The van der Waals surface area contributed by atoms with E-state index in [1.54, 1.807) is 0 Å². The van der Waals surface area contributed by atoms with Gasteiger partial charge in [-0.2, -0.15) is 0 Å². The summed E-state index contributed by atoms with van der Waals surface area (Å²) in [6.07, 6.45) is 0.549. The van der Waals surface area contributed by atoms with Gasteiger partial charge in [-0.15, -0.1) is 0 Å². The van der Waals surface area contributed by atoms with Crippen molar-refractivity contribution in [3.63, 3.8) is 0 Å². The third-order valence-electron chi connectivity index (χ3n) is 4.63. The first kappa shape index (κ1) is 22.9. The highest BCUT2D eigenvalue weighted by Crippen LogP contribution is 2.16. The highest BCUT2D eigenvalue weighted by molar-refractivity contribution is 7.90. The molecule has 6 heteroatoms. The van der Waals surface area contributed by atoms with Crippen molar-refractivity contribution in [1.29, 1.82) is 0 Å². The topological polar surface area (TPSA) is 70.6 Å². The Labute approximate surface area is 175 Å². The molecule has 0 saturated heterocycles. The molecule has 0 bridgehead atoms. The lowest BCUT2D eigenvalue weighted by atomic mass is 10.00. The fourth-order valence-corrected chi connectivity index (χ4v) is 4.48. The van der Waals surface area contributed by atoms with Crippen LogP contribution in [0.2, 0.25) is 0 Å². The van der Waals surface area contributed by atoms with E-state index in [0.29, 0.717) is 25.4 Å². The molecule has 0 aliphatic rings. The van der Waals surface area contributed by atoms with Crippen LogP contribution in [0, 0.1) is 6.92 Å². The number of sulfone groups is 1. The molecule has 1 atom stereocenters. The molecule has 29 heavy (non-hydrogen) atoms. The SMILES string of the molecule is CCNC(=NCC(C)c1cccc(C)c1)NCCCS(=O)(=O)Cc1ccccc1. The molecule has 5 nitrogen and oxygen atoms in total. The van der Waals surface area contributed by atoms with Crippen LogP contribution in [-0.2, 0) is 15.6 Å². The van der Waals surface area contributed by atoms with Gasteiger partial charge in [0.2, 0.25) is 0 Å². The molecule has 2 rings (SSSR count). The highest BCUT2D eigenvalue weighted by Gasteiger charge is 2.12. The van der Waals surface area contributed by atoms with Crippen molar-refractivity contribution in [3.8, 4) is 0 Å². The van der Waals surface area contributed by atoms with Gasteiger partial charge in [0.05, 0.1) is 11.5 Å². The minimum Gasteiger partial charge on any atom is -0.357 e. The van der Waals surface area contributed by atoms with Crippen LogP contribution in [0.15, 0.2) is 59.6 Å². The van der Waals surface area contributed by atoms with Crippen LogP contribution in [0.25, 0.3) is 0 Å². The van der Waals surface area contributed by atoms with Gasteiger partial charge in [-0.1, -0.05) is 67.1 Å². The van der Waals surface area contributed by atoms with Crippen molar-refractivity contribution in [2.24, 2.45) is 4.99 Å². The standard InChI is InChI=1S/C23H33N3O2S/c1-4-24-23(26-17-20(3)22-13-8-10-19(2)16-22)25-14-9-15-29(27,28)18-21-11-6-5-7-12-21/h5-8,10-13,16,20H,4,9,14-15,17-18H2,1-3H3,(H2,24,25,26). The monoisotopic (exact) mass is 415 g/mol. The second-order valence-electron chi connectivity index (χ2n) is 7.39. The molecule has 0 heterocycles. The fourth-order valence-electron chi connectivity index (χ4n) is 3.05. The number of guanidine groups is 1. The molecule has 0 amide bonds. The van der Waals surface area contributed by atoms with E-state index in [-0.39, 0.29) is 11.5 Å². The quantitative estimate of drug-likeness (QED) is 0.353. The molecule has 2 N–H and O–H groups in total. The van der Waals surface area contributed by atoms with Crippen LogP contribution in [0.5, 0.6) is 0 Å². The maximum atomic E-state index is 12.3. The number of nitrogens with zero attached hydrogens (tertiary/aromatic N) is 1. The number of hydrogen-bond donors (Lipinski definition) is 2. The van der Waals surface area contributed by atoms with Crippen molar-refractivity contribution in [1.82, 2.24) is 10.6 Å². The van der Waals surface area contributed by atoms with Crippen molar-refractivity contribution in [2.75, 3.05) is 25.4 Å². The van der Waals surface area contributed by atoms with E-state index >= 15 is 0 Å². The lowest BCUT2D eigenvalue weighted by Gasteiger charge is -2.14. The number of hydrogen-bond acceptors (Lipinski definition) is 3. The minimum atomic E-state index is -3.11. The average Bonchev–Trinajstić information content (AvgIpc) is 2.69. The molecule has 0 fully saturated rings. The first-order valence-electron chi connectivity index (χ1n) is 10.2. The van der Waals surface area contributed by atoms with Crippen LogP contribution < -0.4 is 10.6 Å². The number of benzene rings is 2. The van der Waals surface area contributed by atoms with Crippen LogP contribution in [0.3, 0.4) is 0 Å². The van der Waals surface area contributed by atoms with Crippen LogP contribution >= 0.6 is 0 Å². The second kappa shape index (κ2) is 11.6. The Kier molecular flexibility index (Phi) is 9.19. The lowest BCUT2D eigenvalue weighted by molar-refractivity contribution is 0.591. The molecule has 0 saturated carbocycles. The average molecular weight is 416 g/mol. The molecular weight excluding hydrogens is 382 g/mol. The first-order chi connectivity index (χ1) is 13.9. The molecule has 2 aromatic rings. The predicted molar refractivity (Wildman–Crippen MR) is 122 cm³/mol. The Morgan fingerprint density at radius 3 is 2.52 bits per heavy atom. The summed E-state index contributed by atoms with van der Waals surface area (Å²) in [5.74, 6) is 1.30. The number of rotatable bonds is 10. The Bertz CT molecular complexity index is 880. The molecule has 0 aliphatic heterocycles. The first-order valence-corrected chi connectivity index (χ1v) is 12.0. The Morgan fingerprint density at radius 2 is 1.83 bits per heavy atom. The van der Waals surface area contributed by atoms with Gasteiger partial charge in [0.25, 0.3) is 0 Å². The van der Waals surface area contributed by atoms with E-state index in [1.807, 2.05) is 37.3 Å². The zero-order valence-electron chi connectivity index (χ0n) is 17.7. The summed E-state index contributed by atoms with van der Waals surface area (Å²) in [5, 5.41) is 6.48. The molecule has 0 radical (unpaired) electrons. The second-order valence-corrected chi connectivity index (χ2v) is 9.58. The Balaban J connectivity index is 1.81. The van der Waals surface area contributed by atoms with E-state index in [2.05, 4.69) is 53.7 Å². The van der Waals surface area contributed by atoms with E-state index < -0.39 is 9.84 Å². The van der Waals surface area contributed by atoms with Gasteiger partial charge in [0.15, 0.2) is 15.8 Å². The predicted octanol–water partition coefficient (Wildman–Crippen LogP) is 3.66. The number of aliphatic imine (C=N–C) groups is 1. The maximum Gasteiger partial charge on any atom is 0.191 e. The summed E-state index contributed by atoms with van der Waals surface area (Å²) in [5.41, 5.74) is 3.36. The fraction of sp³-hybridized carbons (Fsp3) is 0.435. The zero-order valence-corrected chi connectivity index (χ0v) is 18.5. The van der Waals surface area contributed by atoms with Gasteiger partial charge in [0.1, 0.15) is 0 Å². The molecule has 158 valence electrons. The van der Waals surface area contributed by atoms with Gasteiger partial charge in [-0.05, 0) is 31.4 Å². The van der Waals surface area contributed by atoms with E-state index in [4.69, 9.17) is 0 Å². The third kappa shape index (κ3) is 8.69. The van der Waals surface area contributed by atoms with Crippen molar-refractivity contribution in [3.05, 3.63) is 71.3 Å². The normalized spacial score (nSPS) is 13.1. The maximum absolute atomic E-state index is 12.3. The largest absolute Gasteiger partial charge is 0.357 e. The Hall–Kier alpha value is -2.34. The summed E-state index contributed by atoms with van der Waals surface area (Å²) in [7, 11) is -3.11. The van der Waals surface area contributed by atoms with Crippen molar-refractivity contribution < 1.29 is 8.42 Å². The van der Waals surface area contributed by atoms with Crippen LogP contribution in [0.1, 0.15) is 42.9 Å². The van der Waals surface area contributed by atoms with Gasteiger partial charge in [-0.3, -0.25) is 4.99 Å². The highest BCUT2D eigenvalue weighted by atomic mass is 32.2. The van der Waals surface area contributed by atoms with Gasteiger partial charge < -0.3 is 10.6 Å². The van der Waals surface area contributed by atoms with E-state index in [0.717, 1.165) is 18.1 Å². The van der Waals surface area contributed by atoms with E-state index in [1.165, 1.54) is 11.1 Å². The zero-order chi connectivity index (χ0) is 21.1. The van der Waals surface area contributed by atoms with Crippen molar-refractivity contribution in [2.45, 2.75) is 38.9 Å². The molecule has 0 aliphatic carbocycles. The summed E-state index contributed by atoms with van der Waals surface area (Å²) >= 11 is 0. The summed E-state index contributed by atoms with van der Waals surface area (Å²) in [6, 6.07) is 17.8. The summed E-state index contributed by atoms with van der Waals surface area (Å²) < 4.78 is 24.6. The van der Waals surface area contributed by atoms with E-state index in [9.17, 15) is 8.42 Å². The molecular formula is C23H33N3O2S. The lowest BCUT2D eigenvalue weighted by Crippen LogP contribution is -2.38. The summed E-state index contributed by atoms with van der Waals surface area (Å²) in [4.78, 5) is 4.67. The molecule has 1 unspecified atom stereocenters. The minimum absolute atomic E-state index is 0.0933. The van der Waals surface area contributed by atoms with Gasteiger partial charge in [0, 0.05) is 25.6 Å². The molecule has 2 aromatic carbocycles. The number of aryl methyl sites for hydroxylation is 1. The van der Waals surface area contributed by atoms with Crippen molar-refractivity contribution >= 4 is 15.8 Å². The molecule has 0 aromatic heterocycles. The third-order valence-corrected chi connectivity index (χ3v) is 6.32. The van der Waals surface area contributed by atoms with Crippen LogP contribution in [0.4, 0.5) is 0 Å². The number of nitrogens with one attached hydrogen (secondary N) is 2. The van der Waals surface area contributed by atoms with Gasteiger partial charge in [-0.25, -0.2) is 8.42 Å². The summed E-state index contributed by atoms with van der Waals surface area (Å²) in [6.45, 7) is 8.28. The smallest absolute Gasteiger partial charge is 0.191 e. The van der Waals surface area contributed by atoms with Crippen LogP contribution in [-0.4, -0.2) is 39.8 Å². The van der Waals surface area contributed by atoms with Gasteiger partial charge >= 0.3 is 0 Å². The Morgan fingerprint density at radius 1 is 1.07 bits per heavy atom.